The number of nitrogens with two attached hydrogens (primary N) is 1. The average molecular weight is 326 g/mol. The van der Waals surface area contributed by atoms with Gasteiger partial charge in [0.15, 0.2) is 6.40 Å². The van der Waals surface area contributed by atoms with Crippen molar-refractivity contribution in [3.8, 4) is 0 Å². The Labute approximate surface area is 140 Å². The number of amides is 1. The molecule has 0 aromatic rings. The molecule has 0 aromatic carbocycles. The topological polar surface area (TPSA) is 98.3 Å². The predicted molar refractivity (Wildman–Crippen MR) is 94.4 cm³/mol. The summed E-state index contributed by atoms with van der Waals surface area (Å²) in [7, 11) is 0. The van der Waals surface area contributed by atoms with Crippen molar-refractivity contribution in [3.63, 3.8) is 0 Å². The van der Waals surface area contributed by atoms with Gasteiger partial charge in [-0.2, -0.15) is 0 Å². The first-order valence-electron chi connectivity index (χ1n) is 6.88. The van der Waals surface area contributed by atoms with Crippen LogP contribution >= 0.6 is 0 Å². The predicted octanol–water partition coefficient (Wildman–Crippen LogP) is 2.17. The van der Waals surface area contributed by atoms with Gasteiger partial charge in [0.05, 0.1) is 12.5 Å². The van der Waals surface area contributed by atoms with Crippen molar-refractivity contribution in [1.82, 2.24) is 5.32 Å². The van der Waals surface area contributed by atoms with Crippen molar-refractivity contribution >= 4 is 18.0 Å². The van der Waals surface area contributed by atoms with Gasteiger partial charge in [0, 0.05) is 30.9 Å². The van der Waals surface area contributed by atoms with Crippen LogP contribution in [0.2, 0.25) is 0 Å². The van der Waals surface area contributed by atoms with E-state index in [1.54, 1.807) is 24.6 Å². The van der Waals surface area contributed by atoms with E-state index in [0.717, 1.165) is 0 Å². The molecule has 1 heterocycles. The third-order valence-corrected chi connectivity index (χ3v) is 2.19. The molecule has 0 spiro atoms. The summed E-state index contributed by atoms with van der Waals surface area (Å²) in [5, 5.41) is 2.87. The fourth-order valence-corrected chi connectivity index (χ4v) is 1.19. The first-order valence-corrected chi connectivity index (χ1v) is 6.88. The SMILES string of the molecule is NC(=O)C1=N/C=C\N=CO/C=C/C=C/C=C/C=C\N/C=C/OC=C1. The zero-order valence-electron chi connectivity index (χ0n) is 12.9. The Balaban J connectivity index is 2.78. The first kappa shape index (κ1) is 18.4. The lowest BCUT2D eigenvalue weighted by Crippen LogP contribution is -2.21. The van der Waals surface area contributed by atoms with Gasteiger partial charge in [0.2, 0.25) is 0 Å². The Morgan fingerprint density at radius 2 is 1.71 bits per heavy atom. The van der Waals surface area contributed by atoms with Gasteiger partial charge in [-0.3, -0.25) is 4.79 Å². The zero-order valence-corrected chi connectivity index (χ0v) is 12.9. The number of allylic oxidation sites excluding steroid dienone is 6. The number of rotatable bonds is 1. The average Bonchev–Trinajstić information content (AvgIpc) is 2.57. The number of ether oxygens (including phenoxy) is 2. The summed E-state index contributed by atoms with van der Waals surface area (Å²) in [5.74, 6) is -0.690. The van der Waals surface area contributed by atoms with Crippen molar-refractivity contribution < 1.29 is 14.3 Å². The highest BCUT2D eigenvalue weighted by atomic mass is 16.5. The number of carbonyl (C=O) groups is 1. The Hall–Kier alpha value is -3.61. The monoisotopic (exact) mass is 326 g/mol. The van der Waals surface area contributed by atoms with E-state index in [4.69, 9.17) is 15.2 Å². The number of hydrogen-bond donors (Lipinski definition) is 2. The Bertz CT molecular complexity index is 651. The molecular weight excluding hydrogens is 308 g/mol. The molecule has 7 heteroatoms. The molecule has 0 aliphatic carbocycles. The van der Waals surface area contributed by atoms with Gasteiger partial charge in [0.25, 0.3) is 5.91 Å². The summed E-state index contributed by atoms with van der Waals surface area (Å²) in [6, 6.07) is 0. The summed E-state index contributed by atoms with van der Waals surface area (Å²) < 4.78 is 10.1. The van der Waals surface area contributed by atoms with Crippen LogP contribution in [0.1, 0.15) is 0 Å². The van der Waals surface area contributed by atoms with Crippen LogP contribution in [0.3, 0.4) is 0 Å². The van der Waals surface area contributed by atoms with Crippen LogP contribution in [-0.2, 0) is 14.3 Å². The van der Waals surface area contributed by atoms with E-state index >= 15 is 0 Å². The van der Waals surface area contributed by atoms with E-state index in [9.17, 15) is 4.79 Å². The van der Waals surface area contributed by atoms with Crippen molar-refractivity contribution in [1.29, 1.82) is 0 Å². The van der Waals surface area contributed by atoms with E-state index in [2.05, 4.69) is 15.3 Å². The second-order valence-electron chi connectivity index (χ2n) is 3.93. The minimum absolute atomic E-state index is 0.0182. The smallest absolute Gasteiger partial charge is 0.267 e. The lowest BCUT2D eigenvalue weighted by molar-refractivity contribution is -0.111. The van der Waals surface area contributed by atoms with Gasteiger partial charge < -0.3 is 20.5 Å². The molecule has 0 saturated heterocycles. The molecule has 1 aliphatic heterocycles. The molecule has 1 aliphatic rings. The van der Waals surface area contributed by atoms with E-state index in [0.29, 0.717) is 0 Å². The fraction of sp³-hybridized carbons (Fsp3) is 0. The second-order valence-corrected chi connectivity index (χ2v) is 3.93. The van der Waals surface area contributed by atoms with Crippen molar-refractivity contribution in [3.05, 3.63) is 86.1 Å². The maximum absolute atomic E-state index is 11.2. The van der Waals surface area contributed by atoms with E-state index in [-0.39, 0.29) is 5.71 Å². The molecule has 0 saturated carbocycles. The quantitative estimate of drug-likeness (QED) is 0.771. The van der Waals surface area contributed by atoms with E-state index in [1.165, 1.54) is 43.7 Å². The normalized spacial score (nSPS) is 23.8. The zero-order chi connectivity index (χ0) is 17.3. The highest BCUT2D eigenvalue weighted by Gasteiger charge is 2.00. The third kappa shape index (κ3) is 10.2. The Morgan fingerprint density at radius 1 is 0.917 bits per heavy atom. The molecule has 0 fully saturated rings. The molecular formula is C17H18N4O3. The molecule has 0 bridgehead atoms. The van der Waals surface area contributed by atoms with Gasteiger partial charge in [-0.15, -0.1) is 0 Å². The van der Waals surface area contributed by atoms with Gasteiger partial charge in [-0.05, 0) is 12.2 Å². The molecule has 3 N–H and O–H groups in total. The van der Waals surface area contributed by atoms with E-state index < -0.39 is 5.91 Å². The van der Waals surface area contributed by atoms with Crippen LogP contribution in [0.15, 0.2) is 96.1 Å². The molecule has 24 heavy (non-hydrogen) atoms. The number of nitrogens with one attached hydrogen (secondary N) is 1. The summed E-state index contributed by atoms with van der Waals surface area (Å²) in [5.41, 5.74) is 5.22. The van der Waals surface area contributed by atoms with Crippen LogP contribution < -0.4 is 11.1 Å². The third-order valence-electron chi connectivity index (χ3n) is 2.19. The number of aliphatic imine (C=N–C) groups is 2. The van der Waals surface area contributed by atoms with Crippen molar-refractivity contribution in [2.75, 3.05) is 0 Å². The number of carbonyl (C=O) groups excluding carboxylic acids is 1. The summed E-state index contributed by atoms with van der Waals surface area (Å²) in [6.07, 6.45) is 23.5. The standard InChI is InChI=1S/C17H18N4O3/c18-17(22)16-7-13-23-14-11-19-8-5-3-1-2-4-6-12-24-15-20-9-10-21-16/h1-15,19H,(H2,18,22)/b3-1+,4-2+,8-5-,10-9-,12-6+,13-7?,14-11+,20-15?,21-16?. The summed E-state index contributed by atoms with van der Waals surface area (Å²) in [6.45, 7) is 0. The lowest BCUT2D eigenvalue weighted by atomic mass is 10.3. The molecule has 0 unspecified atom stereocenters. The van der Waals surface area contributed by atoms with Crippen LogP contribution in [0, 0.1) is 0 Å². The van der Waals surface area contributed by atoms with Gasteiger partial charge >= 0.3 is 0 Å². The molecule has 7 nitrogen and oxygen atoms in total. The molecule has 0 radical (unpaired) electrons. The van der Waals surface area contributed by atoms with Crippen molar-refractivity contribution in [2.24, 2.45) is 15.7 Å². The lowest BCUT2D eigenvalue weighted by Gasteiger charge is -1.93. The maximum atomic E-state index is 11.2. The molecule has 0 aromatic heterocycles. The minimum atomic E-state index is -0.690. The number of hydrogen-bond acceptors (Lipinski definition) is 6. The molecule has 124 valence electrons. The summed E-state index contributed by atoms with van der Waals surface area (Å²) >= 11 is 0. The molecule has 1 amide bonds. The van der Waals surface area contributed by atoms with Gasteiger partial charge in [0.1, 0.15) is 12.0 Å². The summed E-state index contributed by atoms with van der Waals surface area (Å²) in [4.78, 5) is 18.9. The van der Waals surface area contributed by atoms with Gasteiger partial charge in [-0.1, -0.05) is 24.3 Å². The number of nitrogens with zero attached hydrogens (tertiary/aromatic N) is 2. The van der Waals surface area contributed by atoms with Gasteiger partial charge in [-0.25, -0.2) is 9.98 Å². The van der Waals surface area contributed by atoms with Crippen LogP contribution in [-0.4, -0.2) is 18.0 Å². The first-order chi connectivity index (χ1) is 11.8. The highest BCUT2D eigenvalue weighted by molar-refractivity contribution is 6.42. The second kappa shape index (κ2) is 13.1. The maximum Gasteiger partial charge on any atom is 0.267 e. The largest absolute Gasteiger partial charge is 0.471 e. The van der Waals surface area contributed by atoms with Crippen LogP contribution in [0.25, 0.3) is 0 Å². The Morgan fingerprint density at radius 3 is 2.54 bits per heavy atom. The van der Waals surface area contributed by atoms with E-state index in [1.807, 2.05) is 24.3 Å². The van der Waals surface area contributed by atoms with Crippen molar-refractivity contribution in [2.45, 2.75) is 0 Å². The molecule has 0 atom stereocenters. The Kier molecular flexibility index (Phi) is 10.0. The highest BCUT2D eigenvalue weighted by Crippen LogP contribution is 1.88. The minimum Gasteiger partial charge on any atom is -0.471 e. The van der Waals surface area contributed by atoms with Crippen LogP contribution in [0.5, 0.6) is 0 Å². The number of primary amides is 1. The van der Waals surface area contributed by atoms with Crippen LogP contribution in [0.4, 0.5) is 0 Å². The fourth-order valence-electron chi connectivity index (χ4n) is 1.19. The molecule has 1 rings (SSSR count).